The van der Waals surface area contributed by atoms with Gasteiger partial charge in [0.2, 0.25) is 5.91 Å². The molecule has 0 N–H and O–H groups in total. The van der Waals surface area contributed by atoms with E-state index >= 15 is 0 Å². The molecule has 0 atom stereocenters. The predicted octanol–water partition coefficient (Wildman–Crippen LogP) is 3.59. The zero-order valence-corrected chi connectivity index (χ0v) is 12.6. The van der Waals surface area contributed by atoms with Gasteiger partial charge >= 0.3 is 0 Å². The van der Waals surface area contributed by atoms with Crippen LogP contribution in [0.3, 0.4) is 0 Å². The van der Waals surface area contributed by atoms with Crippen LogP contribution in [0.4, 0.5) is 0 Å². The van der Waals surface area contributed by atoms with Crippen molar-refractivity contribution < 1.29 is 4.79 Å². The minimum atomic E-state index is 0.119. The zero-order valence-electron chi connectivity index (χ0n) is 10.2. The summed E-state index contributed by atoms with van der Waals surface area (Å²) in [5.41, 5.74) is 2.58. The van der Waals surface area contributed by atoms with E-state index in [1.54, 1.807) is 5.75 Å². The van der Waals surface area contributed by atoms with Crippen molar-refractivity contribution in [3.63, 3.8) is 0 Å². The summed E-state index contributed by atoms with van der Waals surface area (Å²) >= 11 is 4.90. The summed E-state index contributed by atoms with van der Waals surface area (Å²) in [6.45, 7) is 1.51. The first kappa shape index (κ1) is 13.7. The van der Waals surface area contributed by atoms with E-state index in [0.717, 1.165) is 17.4 Å². The first-order chi connectivity index (χ1) is 8.70. The fraction of sp³-hybridized carbons (Fsp3) is 0.286. The van der Waals surface area contributed by atoms with E-state index in [-0.39, 0.29) is 5.91 Å². The highest BCUT2D eigenvalue weighted by Crippen LogP contribution is 2.24. The molecule has 0 bridgehead atoms. The summed E-state index contributed by atoms with van der Waals surface area (Å²) in [6, 6.07) is 8.33. The average molecular weight is 325 g/mol. The van der Waals surface area contributed by atoms with Crippen molar-refractivity contribution in [2.45, 2.75) is 6.42 Å². The summed E-state index contributed by atoms with van der Waals surface area (Å²) in [5.74, 6) is 1.78. The van der Waals surface area contributed by atoms with Crippen LogP contribution in [-0.4, -0.2) is 30.2 Å². The van der Waals surface area contributed by atoms with Gasteiger partial charge in [-0.05, 0) is 35.9 Å². The Hall–Kier alpha value is -0.740. The lowest BCUT2D eigenvalue weighted by Crippen LogP contribution is -2.34. The summed E-state index contributed by atoms with van der Waals surface area (Å²) in [6.07, 6.45) is 4.99. The number of hydrogen-bond donors (Lipinski definition) is 0. The predicted molar refractivity (Wildman–Crippen MR) is 81.1 cm³/mol. The molecule has 2 nitrogen and oxygen atoms in total. The van der Waals surface area contributed by atoms with Crippen LogP contribution in [0.15, 0.2) is 34.8 Å². The van der Waals surface area contributed by atoms with Crippen molar-refractivity contribution in [1.82, 2.24) is 4.90 Å². The number of nitrogens with zero attached hydrogens (tertiary/aromatic N) is 1. The maximum atomic E-state index is 11.7. The van der Waals surface area contributed by atoms with Crippen molar-refractivity contribution in [2.75, 3.05) is 19.3 Å². The third-order valence-electron chi connectivity index (χ3n) is 2.95. The summed E-state index contributed by atoms with van der Waals surface area (Å²) in [4.78, 5) is 13.6. The van der Waals surface area contributed by atoms with E-state index in [4.69, 9.17) is 0 Å². The molecule has 0 spiro atoms. The molecule has 0 aromatic heterocycles. The molecule has 1 aromatic carbocycles. The van der Waals surface area contributed by atoms with Crippen LogP contribution >= 0.6 is 27.7 Å². The third kappa shape index (κ3) is 3.39. The first-order valence-corrected chi connectivity index (χ1v) is 7.88. The van der Waals surface area contributed by atoms with Gasteiger partial charge in [-0.25, -0.2) is 0 Å². The van der Waals surface area contributed by atoms with Gasteiger partial charge in [-0.3, -0.25) is 4.79 Å². The molecule has 2 rings (SSSR count). The van der Waals surface area contributed by atoms with E-state index in [1.807, 2.05) is 11.2 Å². The van der Waals surface area contributed by atoms with Crippen LogP contribution in [0.5, 0.6) is 0 Å². The normalized spacial score (nSPS) is 15.4. The van der Waals surface area contributed by atoms with Crippen molar-refractivity contribution in [1.29, 1.82) is 0 Å². The Labute approximate surface area is 121 Å². The second kappa shape index (κ2) is 6.43. The molecule has 1 aliphatic heterocycles. The van der Waals surface area contributed by atoms with E-state index in [2.05, 4.69) is 46.3 Å². The van der Waals surface area contributed by atoms with E-state index in [9.17, 15) is 4.79 Å². The molecule has 1 heterocycles. The molecule has 0 fully saturated rings. The van der Waals surface area contributed by atoms with Crippen LogP contribution in [0.1, 0.15) is 12.0 Å². The zero-order chi connectivity index (χ0) is 13.0. The van der Waals surface area contributed by atoms with Gasteiger partial charge in [0.25, 0.3) is 0 Å². The summed E-state index contributed by atoms with van der Waals surface area (Å²) in [5, 5.41) is 0. The molecule has 4 heteroatoms. The Kier molecular flexibility index (Phi) is 4.89. The number of carbonyl (C=O) groups is 1. The minimum absolute atomic E-state index is 0.119. The van der Waals surface area contributed by atoms with Crippen molar-refractivity contribution in [3.8, 4) is 0 Å². The molecular weight excluding hydrogens is 310 g/mol. The molecule has 1 aromatic rings. The molecule has 95 valence electrons. The van der Waals surface area contributed by atoms with Gasteiger partial charge in [0, 0.05) is 17.6 Å². The highest BCUT2D eigenvalue weighted by Gasteiger charge is 2.17. The number of rotatable bonds is 3. The Morgan fingerprint density at radius 3 is 2.67 bits per heavy atom. The average Bonchev–Trinajstić information content (AvgIpc) is 2.40. The lowest BCUT2D eigenvalue weighted by Gasteiger charge is -2.26. The van der Waals surface area contributed by atoms with Crippen LogP contribution in [0.25, 0.3) is 5.57 Å². The van der Waals surface area contributed by atoms with Gasteiger partial charge in [-0.2, -0.15) is 11.8 Å². The standard InChI is InChI=1S/C14H15BrNOS/c1-18-10-14(17)16-8-6-12(7-9-16)11-2-4-13(15)5-3-11/h2-6,10H,7-9H2,1H3. The Balaban J connectivity index is 2.02. The summed E-state index contributed by atoms with van der Waals surface area (Å²) < 4.78 is 1.09. The maximum absolute atomic E-state index is 11.7. The van der Waals surface area contributed by atoms with Gasteiger partial charge in [-0.1, -0.05) is 34.1 Å². The van der Waals surface area contributed by atoms with E-state index in [0.29, 0.717) is 6.54 Å². The Morgan fingerprint density at radius 1 is 1.39 bits per heavy atom. The second-order valence-corrected chi connectivity index (χ2v) is 5.75. The van der Waals surface area contributed by atoms with Gasteiger partial charge in [-0.15, -0.1) is 0 Å². The number of carbonyl (C=O) groups excluding carboxylic acids is 1. The molecule has 1 amide bonds. The van der Waals surface area contributed by atoms with Crippen LogP contribution in [-0.2, 0) is 4.79 Å². The molecular formula is C14H15BrNOS. The SMILES string of the molecule is CS[CH]C(=O)N1CC=C(c2ccc(Br)cc2)CC1. The number of halogens is 1. The smallest absolute Gasteiger partial charge is 0.237 e. The molecule has 1 aliphatic rings. The van der Waals surface area contributed by atoms with Crippen molar-refractivity contribution in [2.24, 2.45) is 0 Å². The third-order valence-corrected chi connectivity index (χ3v) is 3.92. The number of hydrogen-bond acceptors (Lipinski definition) is 2. The quantitative estimate of drug-likeness (QED) is 0.846. The van der Waals surface area contributed by atoms with Crippen LogP contribution in [0.2, 0.25) is 0 Å². The fourth-order valence-corrected chi connectivity index (χ4v) is 2.59. The second-order valence-electron chi connectivity index (χ2n) is 4.12. The van der Waals surface area contributed by atoms with Gasteiger partial charge in [0.15, 0.2) is 0 Å². The van der Waals surface area contributed by atoms with Crippen molar-refractivity contribution in [3.05, 3.63) is 46.1 Å². The maximum Gasteiger partial charge on any atom is 0.237 e. The molecule has 1 radical (unpaired) electrons. The van der Waals surface area contributed by atoms with Gasteiger partial charge < -0.3 is 4.90 Å². The van der Waals surface area contributed by atoms with E-state index < -0.39 is 0 Å². The summed E-state index contributed by atoms with van der Waals surface area (Å²) in [7, 11) is 0. The van der Waals surface area contributed by atoms with Crippen LogP contribution in [0, 0.1) is 5.75 Å². The molecule has 18 heavy (non-hydrogen) atoms. The lowest BCUT2D eigenvalue weighted by atomic mass is 10.00. The minimum Gasteiger partial charge on any atom is -0.338 e. The topological polar surface area (TPSA) is 20.3 Å². The monoisotopic (exact) mass is 324 g/mol. The number of amides is 1. The highest BCUT2D eigenvalue weighted by atomic mass is 79.9. The van der Waals surface area contributed by atoms with Gasteiger partial charge in [0.1, 0.15) is 5.75 Å². The first-order valence-electron chi connectivity index (χ1n) is 5.80. The number of benzene rings is 1. The van der Waals surface area contributed by atoms with Gasteiger partial charge in [0.05, 0.1) is 0 Å². The Bertz CT molecular complexity index is 455. The highest BCUT2D eigenvalue weighted by molar-refractivity contribution is 9.10. The number of thioether (sulfide) groups is 1. The molecule has 0 aliphatic carbocycles. The Morgan fingerprint density at radius 2 is 2.11 bits per heavy atom. The fourth-order valence-electron chi connectivity index (χ4n) is 1.97. The molecule has 0 saturated carbocycles. The molecule has 0 unspecified atom stereocenters. The molecule has 0 saturated heterocycles. The van der Waals surface area contributed by atoms with Crippen molar-refractivity contribution >= 4 is 39.2 Å². The lowest BCUT2D eigenvalue weighted by molar-refractivity contribution is -0.126. The van der Waals surface area contributed by atoms with E-state index in [1.165, 1.54) is 22.9 Å². The largest absolute Gasteiger partial charge is 0.338 e. The van der Waals surface area contributed by atoms with Crippen LogP contribution < -0.4 is 0 Å².